The molecule has 1 unspecified atom stereocenters. The molecule has 0 radical (unpaired) electrons. The molecule has 0 aliphatic rings. The third-order valence-electron chi connectivity index (χ3n) is 3.53. The molecule has 0 aliphatic carbocycles. The van der Waals surface area contributed by atoms with E-state index in [0.717, 1.165) is 6.07 Å². The van der Waals surface area contributed by atoms with Crippen LogP contribution in [0.3, 0.4) is 0 Å². The lowest BCUT2D eigenvalue weighted by atomic mass is 10.1. The molecule has 1 N–H and O–H groups in total. The van der Waals surface area contributed by atoms with Crippen LogP contribution in [-0.4, -0.2) is 24.9 Å². The van der Waals surface area contributed by atoms with Gasteiger partial charge in [0, 0.05) is 6.07 Å². The molecule has 8 heteroatoms. The first-order valence-corrected chi connectivity index (χ1v) is 7.54. The normalized spacial score (nSPS) is 11.6. The van der Waals surface area contributed by atoms with Gasteiger partial charge in [-0.1, -0.05) is 0 Å². The predicted octanol–water partition coefficient (Wildman–Crippen LogP) is 3.72. The molecule has 138 valence electrons. The number of halogens is 3. The summed E-state index contributed by atoms with van der Waals surface area (Å²) < 4.78 is 50.3. The number of methoxy groups -OCH3 is 1. The van der Waals surface area contributed by atoms with Crippen LogP contribution >= 0.6 is 0 Å². The number of ether oxygens (including phenoxy) is 2. The van der Waals surface area contributed by atoms with Gasteiger partial charge in [-0.15, -0.1) is 0 Å². The van der Waals surface area contributed by atoms with Crippen LogP contribution < -0.4 is 14.8 Å². The van der Waals surface area contributed by atoms with Crippen molar-refractivity contribution in [3.05, 3.63) is 53.3 Å². The molecular formula is C18H16F3NO4. The van der Waals surface area contributed by atoms with Gasteiger partial charge in [0.1, 0.15) is 11.5 Å². The lowest BCUT2D eigenvalue weighted by Crippen LogP contribution is -2.31. The molecule has 0 aromatic heterocycles. The Kier molecular flexibility index (Phi) is 5.86. The summed E-state index contributed by atoms with van der Waals surface area (Å²) in [6.45, 7) is 2.69. The van der Waals surface area contributed by atoms with Crippen LogP contribution in [0.1, 0.15) is 24.2 Å². The average molecular weight is 367 g/mol. The van der Waals surface area contributed by atoms with E-state index in [4.69, 9.17) is 9.47 Å². The van der Waals surface area contributed by atoms with Gasteiger partial charge in [0.15, 0.2) is 29.3 Å². The summed E-state index contributed by atoms with van der Waals surface area (Å²) in [5.41, 5.74) is -0.300. The monoisotopic (exact) mass is 367 g/mol. The summed E-state index contributed by atoms with van der Waals surface area (Å²) in [5, 5.41) is 2.11. The number of carbonyl (C=O) groups excluding carboxylic acids is 2. The van der Waals surface area contributed by atoms with Crippen molar-refractivity contribution < 1.29 is 32.2 Å². The Morgan fingerprint density at radius 1 is 1.08 bits per heavy atom. The Bertz CT molecular complexity index is 855. The zero-order valence-corrected chi connectivity index (χ0v) is 14.2. The summed E-state index contributed by atoms with van der Waals surface area (Å²) in [4.78, 5) is 23.8. The molecule has 0 aliphatic heterocycles. The number of nitrogens with one attached hydrogen (secondary N) is 1. The molecule has 0 saturated carbocycles. The van der Waals surface area contributed by atoms with E-state index in [9.17, 15) is 22.8 Å². The van der Waals surface area contributed by atoms with Crippen LogP contribution in [0.15, 0.2) is 30.3 Å². The fraction of sp³-hybridized carbons (Fsp3) is 0.222. The zero-order chi connectivity index (χ0) is 19.4. The quantitative estimate of drug-likeness (QED) is 0.624. The highest BCUT2D eigenvalue weighted by atomic mass is 19.2. The minimum Gasteiger partial charge on any atom is -0.497 e. The highest BCUT2D eigenvalue weighted by Crippen LogP contribution is 2.27. The van der Waals surface area contributed by atoms with E-state index in [1.165, 1.54) is 33.1 Å². The Morgan fingerprint density at radius 2 is 1.77 bits per heavy atom. The molecule has 0 saturated heterocycles. The molecule has 26 heavy (non-hydrogen) atoms. The number of hydrogen-bond acceptors (Lipinski definition) is 4. The van der Waals surface area contributed by atoms with E-state index < -0.39 is 35.2 Å². The first kappa shape index (κ1) is 19.3. The van der Waals surface area contributed by atoms with Crippen LogP contribution in [-0.2, 0) is 4.79 Å². The SMILES string of the molecule is COc1ccc(C(C)=O)c(OC(C)C(=O)Nc2ccc(F)c(F)c2F)c1. The van der Waals surface area contributed by atoms with Crippen molar-refractivity contribution in [2.75, 3.05) is 12.4 Å². The number of carbonyl (C=O) groups is 2. The van der Waals surface area contributed by atoms with E-state index in [0.29, 0.717) is 11.8 Å². The van der Waals surface area contributed by atoms with E-state index in [1.807, 2.05) is 0 Å². The first-order chi connectivity index (χ1) is 12.2. The fourth-order valence-corrected chi connectivity index (χ4v) is 2.12. The van der Waals surface area contributed by atoms with Crippen molar-refractivity contribution in [3.63, 3.8) is 0 Å². The van der Waals surface area contributed by atoms with Gasteiger partial charge in [0.25, 0.3) is 5.91 Å². The largest absolute Gasteiger partial charge is 0.497 e. The van der Waals surface area contributed by atoms with Crippen molar-refractivity contribution in [1.29, 1.82) is 0 Å². The van der Waals surface area contributed by atoms with Gasteiger partial charge in [-0.2, -0.15) is 0 Å². The molecule has 2 aromatic rings. The summed E-state index contributed by atoms with van der Waals surface area (Å²) in [6.07, 6.45) is -1.16. The second-order valence-corrected chi connectivity index (χ2v) is 5.39. The van der Waals surface area contributed by atoms with E-state index in [1.54, 1.807) is 6.07 Å². The maximum Gasteiger partial charge on any atom is 0.265 e. The van der Waals surface area contributed by atoms with Crippen molar-refractivity contribution in [2.45, 2.75) is 20.0 Å². The number of rotatable bonds is 6. The Hall–Kier alpha value is -3.03. The fourth-order valence-electron chi connectivity index (χ4n) is 2.12. The minimum absolute atomic E-state index is 0.102. The number of ketones is 1. The number of anilines is 1. The van der Waals surface area contributed by atoms with Crippen LogP contribution in [0.5, 0.6) is 11.5 Å². The maximum absolute atomic E-state index is 13.7. The van der Waals surface area contributed by atoms with Crippen molar-refractivity contribution >= 4 is 17.4 Å². The van der Waals surface area contributed by atoms with Crippen molar-refractivity contribution in [2.24, 2.45) is 0 Å². The van der Waals surface area contributed by atoms with Crippen LogP contribution in [0.2, 0.25) is 0 Å². The molecule has 0 fully saturated rings. The Balaban J connectivity index is 2.20. The molecule has 5 nitrogen and oxygen atoms in total. The molecule has 2 rings (SSSR count). The number of Topliss-reactive ketones (excluding diaryl/α,β-unsaturated/α-hetero) is 1. The summed E-state index contributed by atoms with van der Waals surface area (Å²) in [7, 11) is 1.43. The lowest BCUT2D eigenvalue weighted by Gasteiger charge is -2.17. The maximum atomic E-state index is 13.7. The lowest BCUT2D eigenvalue weighted by molar-refractivity contribution is -0.122. The second kappa shape index (κ2) is 7.90. The molecule has 0 spiro atoms. The van der Waals surface area contributed by atoms with Crippen molar-refractivity contribution in [1.82, 2.24) is 0 Å². The Labute approximate surface area is 147 Å². The first-order valence-electron chi connectivity index (χ1n) is 7.54. The topological polar surface area (TPSA) is 64.6 Å². The minimum atomic E-state index is -1.69. The van der Waals surface area contributed by atoms with Gasteiger partial charge >= 0.3 is 0 Å². The summed E-state index contributed by atoms with van der Waals surface area (Å²) in [6, 6.07) is 6.06. The summed E-state index contributed by atoms with van der Waals surface area (Å²) >= 11 is 0. The van der Waals surface area contributed by atoms with Gasteiger partial charge in [-0.25, -0.2) is 13.2 Å². The molecule has 1 atom stereocenters. The standard InChI is InChI=1S/C18H16F3NO4/c1-9(23)12-5-4-11(25-3)8-15(12)26-10(2)18(24)22-14-7-6-13(19)16(20)17(14)21/h4-8,10H,1-3H3,(H,22,24). The molecule has 0 heterocycles. The van der Waals surface area contributed by atoms with Gasteiger partial charge in [0.2, 0.25) is 0 Å². The molecule has 1 amide bonds. The van der Waals surface area contributed by atoms with Crippen LogP contribution in [0, 0.1) is 17.5 Å². The van der Waals surface area contributed by atoms with E-state index in [-0.39, 0.29) is 17.1 Å². The van der Waals surface area contributed by atoms with Gasteiger partial charge < -0.3 is 14.8 Å². The second-order valence-electron chi connectivity index (χ2n) is 5.39. The van der Waals surface area contributed by atoms with Gasteiger partial charge in [0.05, 0.1) is 18.4 Å². The molecule has 0 bridgehead atoms. The summed E-state index contributed by atoms with van der Waals surface area (Å²) in [5.74, 6) is -5.17. The van der Waals surface area contributed by atoms with Crippen molar-refractivity contribution in [3.8, 4) is 11.5 Å². The Morgan fingerprint density at radius 3 is 2.38 bits per heavy atom. The molecule has 2 aromatic carbocycles. The average Bonchev–Trinajstić information content (AvgIpc) is 2.61. The number of hydrogen-bond donors (Lipinski definition) is 1. The third kappa shape index (κ3) is 4.14. The van der Waals surface area contributed by atoms with Crippen LogP contribution in [0.25, 0.3) is 0 Å². The van der Waals surface area contributed by atoms with E-state index >= 15 is 0 Å². The van der Waals surface area contributed by atoms with Gasteiger partial charge in [-0.05, 0) is 38.1 Å². The number of amides is 1. The predicted molar refractivity (Wildman–Crippen MR) is 88.0 cm³/mol. The zero-order valence-electron chi connectivity index (χ0n) is 14.2. The highest BCUT2D eigenvalue weighted by Gasteiger charge is 2.21. The number of benzene rings is 2. The third-order valence-corrected chi connectivity index (χ3v) is 3.53. The smallest absolute Gasteiger partial charge is 0.265 e. The highest BCUT2D eigenvalue weighted by molar-refractivity contribution is 5.98. The van der Waals surface area contributed by atoms with Gasteiger partial charge in [-0.3, -0.25) is 9.59 Å². The van der Waals surface area contributed by atoms with E-state index in [2.05, 4.69) is 5.32 Å². The molecular weight excluding hydrogens is 351 g/mol. The van der Waals surface area contributed by atoms with Crippen LogP contribution in [0.4, 0.5) is 18.9 Å².